The average Bonchev–Trinajstić information content (AvgIpc) is 2.98. The van der Waals surface area contributed by atoms with Crippen LogP contribution in [0.15, 0.2) is 34.6 Å². The Balaban J connectivity index is 2.08. The third-order valence-corrected chi connectivity index (χ3v) is 4.56. The summed E-state index contributed by atoms with van der Waals surface area (Å²) in [4.78, 5) is 17.7. The minimum absolute atomic E-state index is 0.0254. The van der Waals surface area contributed by atoms with Crippen LogP contribution in [-0.4, -0.2) is 31.6 Å². The monoisotopic (exact) mass is 343 g/mol. The highest BCUT2D eigenvalue weighted by Crippen LogP contribution is 2.32. The van der Waals surface area contributed by atoms with E-state index in [9.17, 15) is 5.11 Å². The molecule has 3 N–H and O–H groups in total. The molecule has 7 heteroatoms. The summed E-state index contributed by atoms with van der Waals surface area (Å²) in [5.41, 5.74) is 2.64. The van der Waals surface area contributed by atoms with Crippen LogP contribution < -0.4 is 5.32 Å². The Morgan fingerprint density at radius 3 is 2.83 bits per heavy atom. The maximum atomic E-state index is 9.77. The molecule has 3 aromatic rings. The van der Waals surface area contributed by atoms with Gasteiger partial charge in [0.05, 0.1) is 12.0 Å². The summed E-state index contributed by atoms with van der Waals surface area (Å²) >= 11 is 1.47. The molecule has 0 saturated carbocycles. The molecular formula is C17H21N5OS. The predicted octanol–water partition coefficient (Wildman–Crippen LogP) is 3.38. The molecule has 0 atom stereocenters. The van der Waals surface area contributed by atoms with Gasteiger partial charge >= 0.3 is 0 Å². The molecule has 0 spiro atoms. The molecule has 0 saturated heterocycles. The molecule has 0 radical (unpaired) electrons. The molecule has 0 unspecified atom stereocenters. The van der Waals surface area contributed by atoms with Crippen molar-refractivity contribution >= 4 is 28.6 Å². The van der Waals surface area contributed by atoms with Gasteiger partial charge in [0.15, 0.2) is 5.16 Å². The number of aliphatic hydroxyl groups excluding tert-OH is 1. The largest absolute Gasteiger partial charge is 0.392 e. The fourth-order valence-corrected chi connectivity index (χ4v) is 3.34. The van der Waals surface area contributed by atoms with Crippen molar-refractivity contribution in [3.8, 4) is 0 Å². The maximum absolute atomic E-state index is 9.77. The Morgan fingerprint density at radius 1 is 1.29 bits per heavy atom. The van der Waals surface area contributed by atoms with Crippen LogP contribution >= 0.6 is 11.8 Å². The quantitative estimate of drug-likeness (QED) is 0.570. The molecule has 6 nitrogen and oxygen atoms in total. The third kappa shape index (κ3) is 3.37. The lowest BCUT2D eigenvalue weighted by Gasteiger charge is -2.09. The van der Waals surface area contributed by atoms with Crippen LogP contribution in [0.4, 0.5) is 5.82 Å². The van der Waals surface area contributed by atoms with E-state index in [1.165, 1.54) is 11.8 Å². The van der Waals surface area contributed by atoms with Crippen molar-refractivity contribution in [2.75, 3.05) is 11.9 Å². The number of aliphatic hydroxyl groups is 1. The first kappa shape index (κ1) is 16.7. The van der Waals surface area contributed by atoms with Gasteiger partial charge in [-0.25, -0.2) is 9.97 Å². The minimum atomic E-state index is -0.0254. The van der Waals surface area contributed by atoms with E-state index in [0.29, 0.717) is 5.16 Å². The first-order valence-corrected chi connectivity index (χ1v) is 8.92. The van der Waals surface area contributed by atoms with Crippen LogP contribution in [0.25, 0.3) is 11.0 Å². The van der Waals surface area contributed by atoms with E-state index in [1.807, 2.05) is 12.1 Å². The summed E-state index contributed by atoms with van der Waals surface area (Å²) in [5.74, 6) is 0.772. The second kappa shape index (κ2) is 7.63. The summed E-state index contributed by atoms with van der Waals surface area (Å²) in [6, 6.07) is 3.88. The molecule has 24 heavy (non-hydrogen) atoms. The van der Waals surface area contributed by atoms with E-state index < -0.39 is 0 Å². The number of aromatic nitrogens is 4. The van der Waals surface area contributed by atoms with Gasteiger partial charge in [-0.1, -0.05) is 13.8 Å². The molecule has 126 valence electrons. The topological polar surface area (TPSA) is 86.7 Å². The second-order valence-electron chi connectivity index (χ2n) is 5.39. The molecule has 0 aliphatic rings. The van der Waals surface area contributed by atoms with Crippen molar-refractivity contribution in [2.45, 2.75) is 43.3 Å². The van der Waals surface area contributed by atoms with Crippen molar-refractivity contribution in [1.82, 2.24) is 19.9 Å². The molecule has 3 heterocycles. The summed E-state index contributed by atoms with van der Waals surface area (Å²) in [6.07, 6.45) is 5.34. The van der Waals surface area contributed by atoms with Gasteiger partial charge in [0.25, 0.3) is 0 Å². The second-order valence-corrected chi connectivity index (χ2v) is 6.43. The molecular weight excluding hydrogens is 322 g/mol. The zero-order chi connectivity index (χ0) is 16.9. The van der Waals surface area contributed by atoms with E-state index in [-0.39, 0.29) is 6.61 Å². The van der Waals surface area contributed by atoms with Gasteiger partial charge in [-0.15, -0.1) is 0 Å². The Labute approximate surface area is 145 Å². The van der Waals surface area contributed by atoms with Crippen LogP contribution in [0.1, 0.15) is 31.5 Å². The number of aromatic amines is 1. The van der Waals surface area contributed by atoms with E-state index in [2.05, 4.69) is 39.1 Å². The number of hydrogen-bond donors (Lipinski definition) is 3. The van der Waals surface area contributed by atoms with E-state index >= 15 is 0 Å². The van der Waals surface area contributed by atoms with Gasteiger partial charge in [-0.3, -0.25) is 4.98 Å². The highest BCUT2D eigenvalue weighted by molar-refractivity contribution is 7.99. The van der Waals surface area contributed by atoms with E-state index in [4.69, 9.17) is 0 Å². The number of nitrogens with one attached hydrogen (secondary N) is 2. The lowest BCUT2D eigenvalue weighted by Crippen LogP contribution is -2.05. The van der Waals surface area contributed by atoms with Crippen LogP contribution in [0.2, 0.25) is 0 Å². The molecule has 3 aromatic heterocycles. The van der Waals surface area contributed by atoms with Crippen LogP contribution in [0.3, 0.4) is 0 Å². The summed E-state index contributed by atoms with van der Waals surface area (Å²) < 4.78 is 0. The smallest absolute Gasteiger partial charge is 0.196 e. The fraction of sp³-hybridized carbons (Fsp3) is 0.353. The number of anilines is 1. The molecule has 0 bridgehead atoms. The summed E-state index contributed by atoms with van der Waals surface area (Å²) in [5, 5.41) is 14.7. The number of nitrogens with zero attached hydrogens (tertiary/aromatic N) is 3. The van der Waals surface area contributed by atoms with Gasteiger partial charge in [-0.2, -0.15) is 0 Å². The fourth-order valence-electron chi connectivity index (χ4n) is 2.59. The zero-order valence-electron chi connectivity index (χ0n) is 13.8. The Morgan fingerprint density at radius 2 is 2.17 bits per heavy atom. The highest BCUT2D eigenvalue weighted by atomic mass is 32.2. The number of hydrogen-bond acceptors (Lipinski definition) is 6. The van der Waals surface area contributed by atoms with Crippen molar-refractivity contribution in [3.05, 3.63) is 35.8 Å². The van der Waals surface area contributed by atoms with Crippen molar-refractivity contribution in [1.29, 1.82) is 0 Å². The molecule has 0 aliphatic heterocycles. The first-order chi connectivity index (χ1) is 11.8. The normalized spacial score (nSPS) is 11.1. The lowest BCUT2D eigenvalue weighted by molar-refractivity contribution is 0.282. The summed E-state index contributed by atoms with van der Waals surface area (Å²) in [6.45, 7) is 4.96. The van der Waals surface area contributed by atoms with Gasteiger partial charge < -0.3 is 15.4 Å². The zero-order valence-corrected chi connectivity index (χ0v) is 14.7. The molecule has 0 fully saturated rings. The minimum Gasteiger partial charge on any atom is -0.392 e. The van der Waals surface area contributed by atoms with E-state index in [0.717, 1.165) is 52.4 Å². The number of rotatable bonds is 7. The Bertz CT molecular complexity index is 819. The van der Waals surface area contributed by atoms with Crippen molar-refractivity contribution in [3.63, 3.8) is 0 Å². The van der Waals surface area contributed by atoms with Crippen molar-refractivity contribution in [2.24, 2.45) is 0 Å². The van der Waals surface area contributed by atoms with E-state index in [1.54, 1.807) is 12.4 Å². The average molecular weight is 343 g/mol. The van der Waals surface area contributed by atoms with Crippen LogP contribution in [-0.2, 0) is 13.0 Å². The number of pyridine rings is 1. The van der Waals surface area contributed by atoms with Gasteiger partial charge in [0.1, 0.15) is 11.5 Å². The summed E-state index contributed by atoms with van der Waals surface area (Å²) in [7, 11) is 0. The standard InChI is InChI=1S/C17H21N5OS/c1-3-7-19-15-14-12(10-23)13(4-2)20-16(14)22-17(21-15)24-11-6-5-8-18-9-11/h5-6,8-9,23H,3-4,7,10H2,1-2H3,(H2,19,20,21,22). The third-order valence-electron chi connectivity index (χ3n) is 3.72. The SMILES string of the molecule is CCCNc1nc(Sc2cccnc2)nc2[nH]c(CC)c(CO)c12. The van der Waals surface area contributed by atoms with Crippen LogP contribution in [0.5, 0.6) is 0 Å². The van der Waals surface area contributed by atoms with Crippen molar-refractivity contribution < 1.29 is 5.11 Å². The Hall–Kier alpha value is -2.12. The maximum Gasteiger partial charge on any atom is 0.196 e. The van der Waals surface area contributed by atoms with Gasteiger partial charge in [0.2, 0.25) is 0 Å². The molecule has 3 rings (SSSR count). The highest BCUT2D eigenvalue weighted by Gasteiger charge is 2.17. The number of H-pyrrole nitrogens is 1. The number of aryl methyl sites for hydroxylation is 1. The molecule has 0 aromatic carbocycles. The van der Waals surface area contributed by atoms with Gasteiger partial charge in [-0.05, 0) is 36.7 Å². The molecule has 0 amide bonds. The van der Waals surface area contributed by atoms with Crippen LogP contribution in [0, 0.1) is 0 Å². The molecule has 0 aliphatic carbocycles. The number of fused-ring (bicyclic) bond motifs is 1. The predicted molar refractivity (Wildman–Crippen MR) is 96.3 cm³/mol. The first-order valence-electron chi connectivity index (χ1n) is 8.10. The lowest BCUT2D eigenvalue weighted by atomic mass is 10.1. The van der Waals surface area contributed by atoms with Gasteiger partial charge in [0, 0.05) is 35.1 Å². The Kier molecular flexibility index (Phi) is 5.32.